The number of benzene rings is 2. The van der Waals surface area contributed by atoms with Gasteiger partial charge in [-0.3, -0.25) is 0 Å². The molecule has 110 valence electrons. The maximum Gasteiger partial charge on any atom is 0.129 e. The minimum Gasteiger partial charge on any atom is -0.388 e. The van der Waals surface area contributed by atoms with Gasteiger partial charge in [-0.15, -0.1) is 0 Å². The van der Waals surface area contributed by atoms with Crippen molar-refractivity contribution in [1.29, 1.82) is 0 Å². The molecule has 0 aliphatic heterocycles. The van der Waals surface area contributed by atoms with E-state index < -0.39 is 17.7 Å². The minimum absolute atomic E-state index is 0.0490. The van der Waals surface area contributed by atoms with E-state index in [1.807, 2.05) is 18.2 Å². The Bertz CT molecular complexity index is 615. The second kappa shape index (κ2) is 5.94. The summed E-state index contributed by atoms with van der Waals surface area (Å²) in [5.74, 6) is -0.643. The molecule has 0 bridgehead atoms. The van der Waals surface area contributed by atoms with E-state index in [1.165, 1.54) is 43.0 Å². The lowest BCUT2D eigenvalue weighted by atomic mass is 9.79. The lowest BCUT2D eigenvalue weighted by Crippen LogP contribution is -2.10. The highest BCUT2D eigenvalue weighted by molar-refractivity contribution is 5.30. The summed E-state index contributed by atoms with van der Waals surface area (Å²) in [5, 5.41) is 10.3. The first-order valence-electron chi connectivity index (χ1n) is 7.36. The molecule has 0 amide bonds. The van der Waals surface area contributed by atoms with Gasteiger partial charge in [0.2, 0.25) is 0 Å². The van der Waals surface area contributed by atoms with Gasteiger partial charge in [0.15, 0.2) is 0 Å². The van der Waals surface area contributed by atoms with E-state index in [9.17, 15) is 13.9 Å². The van der Waals surface area contributed by atoms with Crippen LogP contribution in [0.25, 0.3) is 0 Å². The number of rotatable bonds is 4. The highest BCUT2D eigenvalue weighted by Crippen LogP contribution is 2.37. The Labute approximate surface area is 123 Å². The zero-order valence-corrected chi connectivity index (χ0v) is 11.7. The van der Waals surface area contributed by atoms with Crippen molar-refractivity contribution in [2.75, 3.05) is 0 Å². The van der Waals surface area contributed by atoms with Gasteiger partial charge in [-0.2, -0.15) is 0 Å². The van der Waals surface area contributed by atoms with Gasteiger partial charge < -0.3 is 5.11 Å². The van der Waals surface area contributed by atoms with Crippen molar-refractivity contribution in [3.8, 4) is 0 Å². The molecule has 1 nitrogen and oxygen atoms in total. The van der Waals surface area contributed by atoms with Gasteiger partial charge in [0.05, 0.1) is 6.10 Å². The average Bonchev–Trinajstić information content (AvgIpc) is 2.41. The van der Waals surface area contributed by atoms with Crippen LogP contribution in [0.15, 0.2) is 42.5 Å². The summed E-state index contributed by atoms with van der Waals surface area (Å²) in [7, 11) is 0. The van der Waals surface area contributed by atoms with Crippen LogP contribution in [0, 0.1) is 11.6 Å². The average molecular weight is 288 g/mol. The lowest BCUT2D eigenvalue weighted by Gasteiger charge is -2.26. The quantitative estimate of drug-likeness (QED) is 0.877. The zero-order chi connectivity index (χ0) is 14.8. The van der Waals surface area contributed by atoms with E-state index in [2.05, 4.69) is 6.07 Å². The smallest absolute Gasteiger partial charge is 0.129 e. The third-order valence-corrected chi connectivity index (χ3v) is 4.33. The van der Waals surface area contributed by atoms with E-state index in [0.717, 1.165) is 5.56 Å². The van der Waals surface area contributed by atoms with Crippen molar-refractivity contribution in [3.05, 3.63) is 70.8 Å². The fraction of sp³-hybridized carbons (Fsp3) is 0.333. The van der Waals surface area contributed by atoms with Gasteiger partial charge in [-0.1, -0.05) is 36.8 Å². The molecular weight excluding hydrogens is 270 g/mol. The Hall–Kier alpha value is -1.74. The van der Waals surface area contributed by atoms with Gasteiger partial charge in [0, 0.05) is 12.0 Å². The standard InChI is InChI=1S/C18H18F2O/c19-16-8-3-9-17(20)15(16)11-18(21)14-7-2-6-13(10-14)12-4-1-5-12/h2-3,6-10,12,18,21H,1,4-5,11H2. The largest absolute Gasteiger partial charge is 0.388 e. The highest BCUT2D eigenvalue weighted by atomic mass is 19.1. The van der Waals surface area contributed by atoms with Crippen LogP contribution in [0.3, 0.4) is 0 Å². The second-order valence-corrected chi connectivity index (χ2v) is 5.72. The predicted molar refractivity (Wildman–Crippen MR) is 78.1 cm³/mol. The molecule has 0 heterocycles. The Kier molecular flexibility index (Phi) is 4.02. The summed E-state index contributed by atoms with van der Waals surface area (Å²) in [6.07, 6.45) is 2.67. The van der Waals surface area contributed by atoms with Crippen LogP contribution < -0.4 is 0 Å². The molecule has 1 N–H and O–H groups in total. The van der Waals surface area contributed by atoms with E-state index >= 15 is 0 Å². The first-order valence-corrected chi connectivity index (χ1v) is 7.36. The monoisotopic (exact) mass is 288 g/mol. The molecule has 1 aliphatic carbocycles. The zero-order valence-electron chi connectivity index (χ0n) is 11.7. The molecule has 1 aliphatic rings. The molecule has 1 fully saturated rings. The number of hydrogen-bond acceptors (Lipinski definition) is 1. The molecular formula is C18H18F2O. The number of halogens is 2. The van der Waals surface area contributed by atoms with Crippen LogP contribution in [-0.4, -0.2) is 5.11 Å². The van der Waals surface area contributed by atoms with Crippen LogP contribution in [-0.2, 0) is 6.42 Å². The molecule has 1 saturated carbocycles. The molecule has 21 heavy (non-hydrogen) atoms. The van der Waals surface area contributed by atoms with Crippen LogP contribution in [0.5, 0.6) is 0 Å². The minimum atomic E-state index is -0.892. The van der Waals surface area contributed by atoms with Crippen LogP contribution in [0.4, 0.5) is 8.78 Å². The molecule has 0 aromatic heterocycles. The summed E-state index contributed by atoms with van der Waals surface area (Å²) >= 11 is 0. The first kappa shape index (κ1) is 14.2. The summed E-state index contributed by atoms with van der Waals surface area (Å²) in [6, 6.07) is 11.5. The van der Waals surface area contributed by atoms with Crippen molar-refractivity contribution in [1.82, 2.24) is 0 Å². The highest BCUT2D eigenvalue weighted by Gasteiger charge is 2.21. The van der Waals surface area contributed by atoms with Crippen molar-refractivity contribution < 1.29 is 13.9 Å². The molecule has 3 heteroatoms. The van der Waals surface area contributed by atoms with Gasteiger partial charge in [0.1, 0.15) is 11.6 Å². The third kappa shape index (κ3) is 2.98. The van der Waals surface area contributed by atoms with Gasteiger partial charge in [-0.25, -0.2) is 8.78 Å². The maximum atomic E-state index is 13.6. The predicted octanol–water partition coefficient (Wildman–Crippen LogP) is 4.51. The van der Waals surface area contributed by atoms with Crippen LogP contribution in [0.2, 0.25) is 0 Å². The maximum absolute atomic E-state index is 13.6. The summed E-state index contributed by atoms with van der Waals surface area (Å²) in [5.41, 5.74) is 1.88. The lowest BCUT2D eigenvalue weighted by molar-refractivity contribution is 0.175. The summed E-state index contributed by atoms with van der Waals surface area (Å²) < 4.78 is 27.3. The number of hydrogen-bond donors (Lipinski definition) is 1. The van der Waals surface area contributed by atoms with E-state index in [0.29, 0.717) is 5.92 Å². The normalized spacial score (nSPS) is 16.5. The Morgan fingerprint density at radius 1 is 1.05 bits per heavy atom. The van der Waals surface area contributed by atoms with Crippen LogP contribution >= 0.6 is 0 Å². The van der Waals surface area contributed by atoms with E-state index in [1.54, 1.807) is 0 Å². The molecule has 3 rings (SSSR count). The first-order chi connectivity index (χ1) is 10.1. The topological polar surface area (TPSA) is 20.2 Å². The Morgan fingerprint density at radius 2 is 1.71 bits per heavy atom. The van der Waals surface area contributed by atoms with Crippen molar-refractivity contribution >= 4 is 0 Å². The fourth-order valence-electron chi connectivity index (χ4n) is 2.80. The molecule has 0 spiro atoms. The molecule has 1 atom stereocenters. The Balaban J connectivity index is 1.80. The van der Waals surface area contributed by atoms with Crippen molar-refractivity contribution in [2.45, 2.75) is 37.7 Å². The third-order valence-electron chi connectivity index (χ3n) is 4.33. The summed E-state index contributed by atoms with van der Waals surface area (Å²) in [4.78, 5) is 0. The second-order valence-electron chi connectivity index (χ2n) is 5.72. The van der Waals surface area contributed by atoms with Gasteiger partial charge in [-0.05, 0) is 42.0 Å². The molecule has 0 radical (unpaired) electrons. The number of aliphatic hydroxyl groups excluding tert-OH is 1. The van der Waals surface area contributed by atoms with E-state index in [4.69, 9.17) is 0 Å². The molecule has 2 aromatic carbocycles. The molecule has 1 unspecified atom stereocenters. The SMILES string of the molecule is OC(Cc1c(F)cccc1F)c1cccc(C2CCC2)c1. The molecule has 0 saturated heterocycles. The van der Waals surface area contributed by atoms with Crippen molar-refractivity contribution in [2.24, 2.45) is 0 Å². The summed E-state index contributed by atoms with van der Waals surface area (Å²) in [6.45, 7) is 0. The van der Waals surface area contributed by atoms with Crippen molar-refractivity contribution in [3.63, 3.8) is 0 Å². The molecule has 2 aromatic rings. The van der Waals surface area contributed by atoms with Gasteiger partial charge in [0.25, 0.3) is 0 Å². The van der Waals surface area contributed by atoms with Gasteiger partial charge >= 0.3 is 0 Å². The number of aliphatic hydroxyl groups is 1. The Morgan fingerprint density at radius 3 is 2.33 bits per heavy atom. The fourth-order valence-corrected chi connectivity index (χ4v) is 2.80. The van der Waals surface area contributed by atoms with E-state index in [-0.39, 0.29) is 12.0 Å². The van der Waals surface area contributed by atoms with Crippen LogP contribution in [0.1, 0.15) is 48.0 Å².